The van der Waals surface area contributed by atoms with Gasteiger partial charge in [-0.05, 0) is 54.1 Å². The van der Waals surface area contributed by atoms with E-state index in [1.807, 2.05) is 54.6 Å². The molecule has 2 unspecified atom stereocenters. The van der Waals surface area contributed by atoms with Crippen LogP contribution in [-0.4, -0.2) is 85.7 Å². The molecule has 2 saturated heterocycles. The molecule has 1 aliphatic carbocycles. The van der Waals surface area contributed by atoms with Gasteiger partial charge in [0.2, 0.25) is 5.96 Å². The van der Waals surface area contributed by atoms with Crippen LogP contribution in [0.2, 0.25) is 0 Å². The fourth-order valence-electron chi connectivity index (χ4n) is 6.03. The molecule has 43 heavy (non-hydrogen) atoms. The maximum atomic E-state index is 13.1. The Morgan fingerprint density at radius 3 is 2.63 bits per heavy atom. The highest BCUT2D eigenvalue weighted by atomic mass is 35.5. The van der Waals surface area contributed by atoms with Crippen molar-refractivity contribution in [2.24, 2.45) is 15.4 Å². The van der Waals surface area contributed by atoms with Crippen LogP contribution in [0, 0.1) is 5.41 Å². The van der Waals surface area contributed by atoms with Crippen molar-refractivity contribution in [3.05, 3.63) is 83.6 Å². The molecule has 1 spiro atoms. The third-order valence-electron chi connectivity index (χ3n) is 8.41. The molecule has 2 fully saturated rings. The molecule has 3 heterocycles. The van der Waals surface area contributed by atoms with E-state index < -0.39 is 5.41 Å². The second kappa shape index (κ2) is 12.7. The number of rotatable bonds is 7. The first-order valence-electron chi connectivity index (χ1n) is 14.5. The molecule has 0 bridgehead atoms. The number of allylic oxidation sites excluding steroid dienone is 3. The summed E-state index contributed by atoms with van der Waals surface area (Å²) in [6, 6.07) is 15.2. The van der Waals surface area contributed by atoms with Crippen LogP contribution in [0.5, 0.6) is 5.75 Å². The van der Waals surface area contributed by atoms with E-state index in [1.54, 1.807) is 23.7 Å². The molecule has 2 atom stereocenters. The Hall–Kier alpha value is -3.99. The highest BCUT2D eigenvalue weighted by molar-refractivity contribution is 6.18. The number of nitrogens with one attached hydrogen (secondary N) is 2. The van der Waals surface area contributed by atoms with E-state index in [9.17, 15) is 9.59 Å². The number of guanidine groups is 1. The van der Waals surface area contributed by atoms with Gasteiger partial charge in [-0.1, -0.05) is 18.2 Å². The number of carbonyl (C=O) groups excluding carboxylic acids is 2. The van der Waals surface area contributed by atoms with Crippen molar-refractivity contribution >= 4 is 40.8 Å². The quantitative estimate of drug-likeness (QED) is 0.462. The van der Waals surface area contributed by atoms with Gasteiger partial charge in [-0.3, -0.25) is 18.9 Å². The van der Waals surface area contributed by atoms with Crippen molar-refractivity contribution in [3.63, 3.8) is 0 Å². The number of ether oxygens (including phenoxy) is 2. The SMILES string of the molecule is COc1ccc(C(CNC(=O)c2ccc(NC3=NCC45CC(=O)CCN(Cl)C4=CC=CC5=N3)cc2)N2CCOCC2)cc1. The summed E-state index contributed by atoms with van der Waals surface area (Å²) in [7, 11) is 1.65. The number of amides is 1. The van der Waals surface area contributed by atoms with Gasteiger partial charge in [0.1, 0.15) is 11.5 Å². The number of hydrogen-bond donors (Lipinski definition) is 2. The average molecular weight is 603 g/mol. The molecule has 10 nitrogen and oxygen atoms in total. The number of ketones is 1. The molecule has 0 radical (unpaired) electrons. The summed E-state index contributed by atoms with van der Waals surface area (Å²) in [5.74, 6) is 1.25. The van der Waals surface area contributed by atoms with Gasteiger partial charge in [-0.25, -0.2) is 9.98 Å². The molecular weight excluding hydrogens is 568 g/mol. The van der Waals surface area contributed by atoms with E-state index in [1.165, 1.54) is 0 Å². The van der Waals surface area contributed by atoms with E-state index in [-0.39, 0.29) is 17.7 Å². The largest absolute Gasteiger partial charge is 0.497 e. The topological polar surface area (TPSA) is 108 Å². The Morgan fingerprint density at radius 1 is 1.12 bits per heavy atom. The maximum Gasteiger partial charge on any atom is 0.251 e. The van der Waals surface area contributed by atoms with Crippen LogP contribution in [-0.2, 0) is 9.53 Å². The zero-order valence-electron chi connectivity index (χ0n) is 24.1. The van der Waals surface area contributed by atoms with E-state index in [4.69, 9.17) is 31.2 Å². The van der Waals surface area contributed by atoms with Gasteiger partial charge in [-0.2, -0.15) is 0 Å². The number of anilines is 1. The predicted octanol–water partition coefficient (Wildman–Crippen LogP) is 3.98. The molecule has 2 N–H and O–H groups in total. The second-order valence-corrected chi connectivity index (χ2v) is 11.4. The van der Waals surface area contributed by atoms with Gasteiger partial charge in [-0.15, -0.1) is 0 Å². The van der Waals surface area contributed by atoms with Gasteiger partial charge in [0.25, 0.3) is 5.91 Å². The van der Waals surface area contributed by atoms with Gasteiger partial charge < -0.3 is 20.1 Å². The van der Waals surface area contributed by atoms with Crippen LogP contribution in [0.1, 0.15) is 34.8 Å². The van der Waals surface area contributed by atoms with Crippen LogP contribution in [0.3, 0.4) is 0 Å². The van der Waals surface area contributed by atoms with Gasteiger partial charge in [0.05, 0.1) is 44.0 Å². The Morgan fingerprint density at radius 2 is 1.88 bits per heavy atom. The Kier molecular flexibility index (Phi) is 8.60. The number of nitrogens with zero attached hydrogens (tertiary/aromatic N) is 4. The zero-order chi connectivity index (χ0) is 29.8. The first kappa shape index (κ1) is 29.1. The van der Waals surface area contributed by atoms with E-state index in [2.05, 4.69) is 15.5 Å². The Bertz CT molecular complexity index is 1480. The number of hydrogen-bond acceptors (Lipinski definition) is 9. The van der Waals surface area contributed by atoms with Crippen LogP contribution in [0.4, 0.5) is 5.69 Å². The highest BCUT2D eigenvalue weighted by Crippen LogP contribution is 2.43. The third kappa shape index (κ3) is 6.22. The van der Waals surface area contributed by atoms with Gasteiger partial charge in [0, 0.05) is 67.7 Å². The molecule has 11 heteroatoms. The van der Waals surface area contributed by atoms with Crippen molar-refractivity contribution in [2.45, 2.75) is 18.9 Å². The number of halogens is 1. The lowest BCUT2D eigenvalue weighted by Gasteiger charge is -2.39. The first-order chi connectivity index (χ1) is 20.9. The maximum absolute atomic E-state index is 13.1. The molecular formula is C32H35ClN6O4. The normalized spacial score (nSPS) is 22.7. The van der Waals surface area contributed by atoms with Crippen LogP contribution >= 0.6 is 11.8 Å². The van der Waals surface area contributed by atoms with Crippen molar-refractivity contribution < 1.29 is 19.1 Å². The lowest BCUT2D eigenvalue weighted by Crippen LogP contribution is -2.44. The molecule has 224 valence electrons. The molecule has 0 saturated carbocycles. The molecule has 4 aliphatic rings. The van der Waals surface area contributed by atoms with E-state index >= 15 is 0 Å². The molecule has 2 aromatic rings. The van der Waals surface area contributed by atoms with Gasteiger partial charge >= 0.3 is 0 Å². The number of methoxy groups -OCH3 is 1. The summed E-state index contributed by atoms with van der Waals surface area (Å²) in [6.07, 6.45) is 6.51. The number of benzene rings is 2. The zero-order valence-corrected chi connectivity index (χ0v) is 24.8. The lowest BCUT2D eigenvalue weighted by atomic mass is 9.72. The Balaban J connectivity index is 1.10. The third-order valence-corrected chi connectivity index (χ3v) is 8.76. The van der Waals surface area contributed by atoms with Gasteiger partial charge in [0.15, 0.2) is 0 Å². The van der Waals surface area contributed by atoms with E-state index in [0.717, 1.165) is 41.5 Å². The van der Waals surface area contributed by atoms with Crippen LogP contribution < -0.4 is 15.4 Å². The molecule has 0 aromatic heterocycles. The summed E-state index contributed by atoms with van der Waals surface area (Å²) in [6.45, 7) is 4.26. The summed E-state index contributed by atoms with van der Waals surface area (Å²) in [5, 5.41) is 6.37. The molecule has 6 rings (SSSR count). The minimum atomic E-state index is -0.637. The summed E-state index contributed by atoms with van der Waals surface area (Å²) in [4.78, 5) is 37.5. The minimum absolute atomic E-state index is 0.0187. The van der Waals surface area contributed by atoms with E-state index in [0.29, 0.717) is 57.2 Å². The predicted molar refractivity (Wildman–Crippen MR) is 167 cm³/mol. The number of aliphatic imine (C=N–C) groups is 2. The number of carbonyl (C=O) groups is 2. The van der Waals surface area contributed by atoms with Crippen molar-refractivity contribution in [1.29, 1.82) is 0 Å². The monoisotopic (exact) mass is 602 g/mol. The standard InChI is InChI=1S/C32H35ClN6O4/c1-42-26-11-7-22(8-12-26)27(38-15-17-43-18-16-38)20-34-30(41)23-5-9-24(10-6-23)36-31-35-21-32-19-25(40)13-14-39(33)29(32)4-2-3-28(32)37-31/h2-12,27H,13-21H2,1H3,(H,34,41)(H,35,36). The summed E-state index contributed by atoms with van der Waals surface area (Å²) < 4.78 is 12.5. The summed E-state index contributed by atoms with van der Waals surface area (Å²) in [5.41, 5.74) is 3.42. The second-order valence-electron chi connectivity index (χ2n) is 11.0. The number of morpholine rings is 1. The highest BCUT2D eigenvalue weighted by Gasteiger charge is 2.47. The first-order valence-corrected chi connectivity index (χ1v) is 14.9. The Labute approximate surface area is 256 Å². The fourth-order valence-corrected chi connectivity index (χ4v) is 6.33. The van der Waals surface area contributed by atoms with Crippen molar-refractivity contribution in [1.82, 2.24) is 14.6 Å². The fraction of sp³-hybridized carbons (Fsp3) is 0.375. The minimum Gasteiger partial charge on any atom is -0.497 e. The van der Waals surface area contributed by atoms with Crippen LogP contribution in [0.15, 0.2) is 82.4 Å². The molecule has 2 aromatic carbocycles. The molecule has 3 aliphatic heterocycles. The summed E-state index contributed by atoms with van der Waals surface area (Å²) >= 11 is 6.52. The number of Topliss-reactive ketones (excluding diaryl/α,β-unsaturated/α-hetero) is 1. The average Bonchev–Trinajstić information content (AvgIpc) is 3.17. The molecule has 1 amide bonds. The van der Waals surface area contributed by atoms with Crippen molar-refractivity contribution in [2.75, 3.05) is 58.4 Å². The lowest BCUT2D eigenvalue weighted by molar-refractivity contribution is -0.119. The van der Waals surface area contributed by atoms with Crippen LogP contribution in [0.25, 0.3) is 0 Å². The smallest absolute Gasteiger partial charge is 0.251 e. The van der Waals surface area contributed by atoms with Crippen molar-refractivity contribution in [3.8, 4) is 5.75 Å².